The Bertz CT molecular complexity index is 263. The van der Waals surface area contributed by atoms with Crippen LogP contribution in [0.4, 0.5) is 0 Å². The first kappa shape index (κ1) is 10.5. The first-order chi connectivity index (χ1) is 6.27. The van der Waals surface area contributed by atoms with Crippen molar-refractivity contribution in [2.75, 3.05) is 13.1 Å². The standard InChI is InChI=1S/C10H15ClN2/c1-2-13-10(7-12)8-4-3-5-9(11)6-8/h3-6,10,13H,2,7,12H2,1H3. The molecule has 0 saturated heterocycles. The fourth-order valence-electron chi connectivity index (χ4n) is 1.31. The van der Waals surface area contributed by atoms with Crippen LogP contribution in [0.3, 0.4) is 0 Å². The van der Waals surface area contributed by atoms with Gasteiger partial charge in [0, 0.05) is 17.6 Å². The molecule has 0 aliphatic rings. The van der Waals surface area contributed by atoms with Crippen molar-refractivity contribution in [1.82, 2.24) is 5.32 Å². The zero-order chi connectivity index (χ0) is 9.68. The van der Waals surface area contributed by atoms with Gasteiger partial charge >= 0.3 is 0 Å². The predicted octanol–water partition coefficient (Wildman–Crippen LogP) is 1.95. The third-order valence-corrected chi connectivity index (χ3v) is 2.17. The van der Waals surface area contributed by atoms with Crippen molar-refractivity contribution < 1.29 is 0 Å². The Labute approximate surface area is 84.1 Å². The lowest BCUT2D eigenvalue weighted by Gasteiger charge is -2.15. The maximum absolute atomic E-state index is 5.88. The van der Waals surface area contributed by atoms with E-state index in [0.717, 1.165) is 17.1 Å². The molecule has 0 aromatic heterocycles. The van der Waals surface area contributed by atoms with Crippen molar-refractivity contribution in [3.05, 3.63) is 34.9 Å². The summed E-state index contributed by atoms with van der Waals surface area (Å²) in [5, 5.41) is 4.05. The Morgan fingerprint density at radius 2 is 2.31 bits per heavy atom. The molecule has 0 fully saturated rings. The van der Waals surface area contributed by atoms with Crippen LogP contribution in [0.2, 0.25) is 5.02 Å². The van der Waals surface area contributed by atoms with Crippen molar-refractivity contribution in [3.8, 4) is 0 Å². The highest BCUT2D eigenvalue weighted by molar-refractivity contribution is 6.30. The molecule has 72 valence electrons. The highest BCUT2D eigenvalue weighted by Crippen LogP contribution is 2.16. The van der Waals surface area contributed by atoms with Gasteiger partial charge in [0.05, 0.1) is 0 Å². The lowest BCUT2D eigenvalue weighted by Crippen LogP contribution is -2.27. The van der Waals surface area contributed by atoms with E-state index in [1.54, 1.807) is 0 Å². The van der Waals surface area contributed by atoms with Crippen LogP contribution in [0.25, 0.3) is 0 Å². The van der Waals surface area contributed by atoms with Crippen molar-refractivity contribution in [2.45, 2.75) is 13.0 Å². The Morgan fingerprint density at radius 1 is 1.54 bits per heavy atom. The topological polar surface area (TPSA) is 38.0 Å². The maximum atomic E-state index is 5.88. The van der Waals surface area contributed by atoms with Crippen LogP contribution in [0.15, 0.2) is 24.3 Å². The minimum Gasteiger partial charge on any atom is -0.329 e. The monoisotopic (exact) mass is 198 g/mol. The summed E-state index contributed by atoms with van der Waals surface area (Å²) >= 11 is 5.88. The molecule has 13 heavy (non-hydrogen) atoms. The molecular formula is C10H15ClN2. The molecule has 0 amide bonds. The van der Waals surface area contributed by atoms with Crippen molar-refractivity contribution in [3.63, 3.8) is 0 Å². The van der Waals surface area contributed by atoms with Crippen molar-refractivity contribution in [2.24, 2.45) is 5.73 Å². The number of benzene rings is 1. The van der Waals surface area contributed by atoms with Crippen LogP contribution in [-0.4, -0.2) is 13.1 Å². The van der Waals surface area contributed by atoms with Crippen molar-refractivity contribution >= 4 is 11.6 Å². The van der Waals surface area contributed by atoms with E-state index in [-0.39, 0.29) is 6.04 Å². The molecule has 0 heterocycles. The average Bonchev–Trinajstić information content (AvgIpc) is 2.14. The van der Waals surface area contributed by atoms with E-state index < -0.39 is 0 Å². The summed E-state index contributed by atoms with van der Waals surface area (Å²) in [5.41, 5.74) is 6.79. The van der Waals surface area contributed by atoms with Crippen LogP contribution in [0.1, 0.15) is 18.5 Å². The Balaban J connectivity index is 2.78. The van der Waals surface area contributed by atoms with Crippen LogP contribution >= 0.6 is 11.6 Å². The molecule has 0 spiro atoms. The summed E-state index contributed by atoms with van der Waals surface area (Å²) in [6, 6.07) is 8.00. The first-order valence-electron chi connectivity index (χ1n) is 4.46. The SMILES string of the molecule is CCNC(CN)c1cccc(Cl)c1. The van der Waals surface area contributed by atoms with Gasteiger partial charge in [0.15, 0.2) is 0 Å². The molecule has 3 N–H and O–H groups in total. The van der Waals surface area contributed by atoms with Gasteiger partial charge in [-0.15, -0.1) is 0 Å². The zero-order valence-electron chi connectivity index (χ0n) is 7.76. The van der Waals surface area contributed by atoms with Crippen LogP contribution in [-0.2, 0) is 0 Å². The molecule has 1 aromatic rings. The first-order valence-corrected chi connectivity index (χ1v) is 4.84. The molecule has 0 aliphatic carbocycles. The predicted molar refractivity (Wildman–Crippen MR) is 56.9 cm³/mol. The molecule has 0 saturated carbocycles. The van der Waals surface area contributed by atoms with Gasteiger partial charge in [-0.1, -0.05) is 30.7 Å². The molecule has 1 unspecified atom stereocenters. The van der Waals surface area contributed by atoms with Gasteiger partial charge in [-0.3, -0.25) is 0 Å². The second kappa shape index (κ2) is 5.22. The van der Waals surface area contributed by atoms with E-state index in [4.69, 9.17) is 17.3 Å². The molecule has 1 rings (SSSR count). The molecule has 1 atom stereocenters. The minimum atomic E-state index is 0.212. The third-order valence-electron chi connectivity index (χ3n) is 1.94. The van der Waals surface area contributed by atoms with Gasteiger partial charge in [-0.25, -0.2) is 0 Å². The summed E-state index contributed by atoms with van der Waals surface area (Å²) in [7, 11) is 0. The average molecular weight is 199 g/mol. The van der Waals surface area contributed by atoms with Crippen molar-refractivity contribution in [1.29, 1.82) is 0 Å². The van der Waals surface area contributed by atoms with Gasteiger partial charge < -0.3 is 11.1 Å². The lowest BCUT2D eigenvalue weighted by molar-refractivity contribution is 0.562. The Morgan fingerprint density at radius 3 is 2.85 bits per heavy atom. The second-order valence-corrected chi connectivity index (χ2v) is 3.34. The number of hydrogen-bond acceptors (Lipinski definition) is 2. The minimum absolute atomic E-state index is 0.212. The number of halogens is 1. The van der Waals surface area contributed by atoms with E-state index in [0.29, 0.717) is 6.54 Å². The molecule has 1 aromatic carbocycles. The molecule has 3 heteroatoms. The van der Waals surface area contributed by atoms with Gasteiger partial charge in [0.25, 0.3) is 0 Å². The fraction of sp³-hybridized carbons (Fsp3) is 0.400. The quantitative estimate of drug-likeness (QED) is 0.776. The third kappa shape index (κ3) is 2.99. The lowest BCUT2D eigenvalue weighted by atomic mass is 10.1. The number of hydrogen-bond donors (Lipinski definition) is 2. The zero-order valence-corrected chi connectivity index (χ0v) is 8.51. The largest absolute Gasteiger partial charge is 0.329 e. The maximum Gasteiger partial charge on any atom is 0.0444 e. The summed E-state index contributed by atoms with van der Waals surface area (Å²) in [5.74, 6) is 0. The normalized spacial score (nSPS) is 12.8. The smallest absolute Gasteiger partial charge is 0.0444 e. The summed E-state index contributed by atoms with van der Waals surface area (Å²) in [6.45, 7) is 3.57. The van der Waals surface area contributed by atoms with Gasteiger partial charge in [0.2, 0.25) is 0 Å². The van der Waals surface area contributed by atoms with E-state index in [1.165, 1.54) is 0 Å². The van der Waals surface area contributed by atoms with E-state index in [9.17, 15) is 0 Å². The molecule has 2 nitrogen and oxygen atoms in total. The Kier molecular flexibility index (Phi) is 4.22. The number of nitrogens with two attached hydrogens (primary N) is 1. The van der Waals surface area contributed by atoms with Crippen LogP contribution in [0.5, 0.6) is 0 Å². The second-order valence-electron chi connectivity index (χ2n) is 2.90. The summed E-state index contributed by atoms with van der Waals surface area (Å²) in [6.07, 6.45) is 0. The van der Waals surface area contributed by atoms with Crippen LogP contribution in [0, 0.1) is 0 Å². The van der Waals surface area contributed by atoms with E-state index in [2.05, 4.69) is 12.2 Å². The van der Waals surface area contributed by atoms with Gasteiger partial charge in [-0.2, -0.15) is 0 Å². The highest BCUT2D eigenvalue weighted by Gasteiger charge is 2.07. The summed E-state index contributed by atoms with van der Waals surface area (Å²) < 4.78 is 0. The summed E-state index contributed by atoms with van der Waals surface area (Å²) in [4.78, 5) is 0. The molecular weight excluding hydrogens is 184 g/mol. The Hall–Kier alpha value is -0.570. The molecule has 0 radical (unpaired) electrons. The van der Waals surface area contributed by atoms with E-state index >= 15 is 0 Å². The molecule has 0 bridgehead atoms. The van der Waals surface area contributed by atoms with Gasteiger partial charge in [-0.05, 0) is 24.2 Å². The highest BCUT2D eigenvalue weighted by atomic mass is 35.5. The number of likely N-dealkylation sites (N-methyl/N-ethyl adjacent to an activating group) is 1. The number of rotatable bonds is 4. The fourth-order valence-corrected chi connectivity index (χ4v) is 1.51. The number of nitrogens with one attached hydrogen (secondary N) is 1. The van der Waals surface area contributed by atoms with Crippen LogP contribution < -0.4 is 11.1 Å². The van der Waals surface area contributed by atoms with E-state index in [1.807, 2.05) is 24.3 Å². The van der Waals surface area contributed by atoms with Gasteiger partial charge in [0.1, 0.15) is 0 Å². The molecule has 0 aliphatic heterocycles.